The quantitative estimate of drug-likeness (QED) is 0.732. The maximum atomic E-state index is 13.6. The molecule has 0 bridgehead atoms. The largest absolute Gasteiger partial charge is 0.466 e. The molecule has 1 saturated carbocycles. The first kappa shape index (κ1) is 11.1. The maximum Gasteiger partial charge on any atom is 0.310 e. The molecule has 86 valence electrons. The van der Waals surface area contributed by atoms with Crippen LogP contribution in [0.1, 0.15) is 36.8 Å². The zero-order valence-electron chi connectivity index (χ0n) is 9.33. The molecule has 0 radical (unpaired) electrons. The summed E-state index contributed by atoms with van der Waals surface area (Å²) in [5, 5.41) is 0. The Kier molecular flexibility index (Phi) is 3.22. The molecule has 0 spiro atoms. The summed E-state index contributed by atoms with van der Waals surface area (Å²) in [5.41, 5.74) is 1.47. The van der Waals surface area contributed by atoms with E-state index in [1.165, 1.54) is 0 Å². The number of carbonyl (C=O) groups excluding carboxylic acids is 1. The molecule has 0 heterocycles. The molecule has 0 atom stereocenters. The Morgan fingerprint density at radius 3 is 2.81 bits per heavy atom. The smallest absolute Gasteiger partial charge is 0.310 e. The monoisotopic (exact) mass is 222 g/mol. The van der Waals surface area contributed by atoms with Crippen LogP contribution in [-0.2, 0) is 16.0 Å². The molecular weight excluding hydrogens is 207 g/mol. The normalized spacial score (nSPS) is 14.9. The van der Waals surface area contributed by atoms with Gasteiger partial charge in [-0.25, -0.2) is 4.39 Å². The lowest BCUT2D eigenvalue weighted by molar-refractivity contribution is -0.142. The van der Waals surface area contributed by atoms with Gasteiger partial charge < -0.3 is 4.74 Å². The van der Waals surface area contributed by atoms with Crippen molar-refractivity contribution in [1.29, 1.82) is 0 Å². The van der Waals surface area contributed by atoms with Crippen molar-refractivity contribution in [3.05, 3.63) is 35.1 Å². The lowest BCUT2D eigenvalue weighted by Crippen LogP contribution is -2.08. The van der Waals surface area contributed by atoms with E-state index in [0.29, 0.717) is 18.1 Å². The van der Waals surface area contributed by atoms with Gasteiger partial charge in [-0.2, -0.15) is 0 Å². The van der Waals surface area contributed by atoms with E-state index < -0.39 is 0 Å². The van der Waals surface area contributed by atoms with Gasteiger partial charge in [0.25, 0.3) is 0 Å². The number of hydrogen-bond acceptors (Lipinski definition) is 2. The molecule has 2 rings (SSSR count). The standard InChI is InChI=1S/C13H15FO2/c1-2-16-13(15)8-11-6-5-10(7-12(11)14)9-3-4-9/h5-7,9H,2-4,8H2,1H3. The molecule has 1 fully saturated rings. The van der Waals surface area contributed by atoms with Gasteiger partial charge >= 0.3 is 5.97 Å². The second-order valence-electron chi connectivity index (χ2n) is 4.11. The molecule has 1 aliphatic carbocycles. The average Bonchev–Trinajstić information content (AvgIpc) is 3.05. The Morgan fingerprint density at radius 2 is 2.25 bits per heavy atom. The van der Waals surface area contributed by atoms with Gasteiger partial charge in [0.05, 0.1) is 13.0 Å². The highest BCUT2D eigenvalue weighted by Crippen LogP contribution is 2.40. The van der Waals surface area contributed by atoms with Gasteiger partial charge in [-0.05, 0) is 42.9 Å². The van der Waals surface area contributed by atoms with Gasteiger partial charge in [0.1, 0.15) is 5.82 Å². The van der Waals surface area contributed by atoms with Crippen molar-refractivity contribution in [2.45, 2.75) is 32.1 Å². The number of ether oxygens (including phenoxy) is 1. The van der Waals surface area contributed by atoms with E-state index in [0.717, 1.165) is 18.4 Å². The summed E-state index contributed by atoms with van der Waals surface area (Å²) < 4.78 is 18.4. The molecule has 0 saturated heterocycles. The van der Waals surface area contributed by atoms with E-state index in [9.17, 15) is 9.18 Å². The molecule has 1 aromatic rings. The zero-order chi connectivity index (χ0) is 11.5. The summed E-state index contributed by atoms with van der Waals surface area (Å²) >= 11 is 0. The fraction of sp³-hybridized carbons (Fsp3) is 0.462. The van der Waals surface area contributed by atoms with Crippen LogP contribution in [0.15, 0.2) is 18.2 Å². The number of benzene rings is 1. The third-order valence-corrected chi connectivity index (χ3v) is 2.77. The Labute approximate surface area is 94.4 Å². The fourth-order valence-electron chi connectivity index (χ4n) is 1.75. The molecule has 0 aliphatic heterocycles. The van der Waals surface area contributed by atoms with Crippen LogP contribution in [0, 0.1) is 5.82 Å². The minimum absolute atomic E-state index is 0.0185. The number of esters is 1. The minimum atomic E-state index is -0.374. The van der Waals surface area contributed by atoms with Crippen LogP contribution in [0.5, 0.6) is 0 Å². The average molecular weight is 222 g/mol. The van der Waals surface area contributed by atoms with E-state index in [-0.39, 0.29) is 18.2 Å². The van der Waals surface area contributed by atoms with Crippen molar-refractivity contribution in [3.8, 4) is 0 Å². The summed E-state index contributed by atoms with van der Waals surface area (Å²) in [7, 11) is 0. The number of hydrogen-bond donors (Lipinski definition) is 0. The Bertz CT molecular complexity index is 397. The van der Waals surface area contributed by atoms with Crippen LogP contribution in [0.4, 0.5) is 4.39 Å². The lowest BCUT2D eigenvalue weighted by atomic mass is 10.1. The van der Waals surface area contributed by atoms with Gasteiger partial charge in [0.15, 0.2) is 0 Å². The molecule has 16 heavy (non-hydrogen) atoms. The highest BCUT2D eigenvalue weighted by Gasteiger charge is 2.24. The highest BCUT2D eigenvalue weighted by atomic mass is 19.1. The predicted octanol–water partition coefficient (Wildman–Crippen LogP) is 2.81. The third-order valence-electron chi connectivity index (χ3n) is 2.77. The highest BCUT2D eigenvalue weighted by molar-refractivity contribution is 5.72. The molecule has 0 amide bonds. The van der Waals surface area contributed by atoms with Gasteiger partial charge in [0, 0.05) is 0 Å². The second kappa shape index (κ2) is 4.64. The van der Waals surface area contributed by atoms with Crippen molar-refractivity contribution < 1.29 is 13.9 Å². The van der Waals surface area contributed by atoms with Gasteiger partial charge in [-0.15, -0.1) is 0 Å². The second-order valence-corrected chi connectivity index (χ2v) is 4.11. The minimum Gasteiger partial charge on any atom is -0.466 e. The van der Waals surface area contributed by atoms with E-state index in [2.05, 4.69) is 0 Å². The van der Waals surface area contributed by atoms with E-state index >= 15 is 0 Å². The first-order chi connectivity index (χ1) is 7.70. The lowest BCUT2D eigenvalue weighted by Gasteiger charge is -2.05. The topological polar surface area (TPSA) is 26.3 Å². The van der Waals surface area contributed by atoms with Crippen LogP contribution in [0.2, 0.25) is 0 Å². The fourth-order valence-corrected chi connectivity index (χ4v) is 1.75. The van der Waals surface area contributed by atoms with Gasteiger partial charge in [-0.3, -0.25) is 4.79 Å². The Balaban J connectivity index is 2.06. The van der Waals surface area contributed by atoms with E-state index in [1.54, 1.807) is 19.1 Å². The molecule has 3 heteroatoms. The molecule has 2 nitrogen and oxygen atoms in total. The van der Waals surface area contributed by atoms with Crippen LogP contribution in [-0.4, -0.2) is 12.6 Å². The van der Waals surface area contributed by atoms with Crippen molar-refractivity contribution >= 4 is 5.97 Å². The first-order valence-electron chi connectivity index (χ1n) is 5.64. The van der Waals surface area contributed by atoms with Crippen LogP contribution in [0.3, 0.4) is 0 Å². The molecule has 1 aliphatic rings. The van der Waals surface area contributed by atoms with E-state index in [1.807, 2.05) is 6.07 Å². The number of rotatable bonds is 4. The summed E-state index contributed by atoms with van der Waals surface area (Å²) in [6.45, 7) is 2.07. The van der Waals surface area contributed by atoms with Crippen molar-refractivity contribution in [2.24, 2.45) is 0 Å². The Morgan fingerprint density at radius 1 is 1.50 bits per heavy atom. The molecular formula is C13H15FO2. The molecule has 0 N–H and O–H groups in total. The molecule has 0 aromatic heterocycles. The van der Waals surface area contributed by atoms with E-state index in [4.69, 9.17) is 4.74 Å². The summed E-state index contributed by atoms with van der Waals surface area (Å²) in [6, 6.07) is 5.15. The summed E-state index contributed by atoms with van der Waals surface area (Å²) in [6.07, 6.45) is 2.32. The number of carbonyl (C=O) groups is 1. The predicted molar refractivity (Wildman–Crippen MR) is 58.7 cm³/mol. The Hall–Kier alpha value is -1.38. The molecule has 1 aromatic carbocycles. The van der Waals surface area contributed by atoms with Crippen LogP contribution >= 0.6 is 0 Å². The zero-order valence-corrected chi connectivity index (χ0v) is 9.33. The molecule has 0 unspecified atom stereocenters. The van der Waals surface area contributed by atoms with Crippen LogP contribution < -0.4 is 0 Å². The number of halogens is 1. The summed E-state index contributed by atoms with van der Waals surface area (Å²) in [4.78, 5) is 11.2. The van der Waals surface area contributed by atoms with Crippen LogP contribution in [0.25, 0.3) is 0 Å². The SMILES string of the molecule is CCOC(=O)Cc1ccc(C2CC2)cc1F. The van der Waals surface area contributed by atoms with Gasteiger partial charge in [0.2, 0.25) is 0 Å². The van der Waals surface area contributed by atoms with Gasteiger partial charge in [-0.1, -0.05) is 12.1 Å². The third kappa shape index (κ3) is 2.60. The van der Waals surface area contributed by atoms with Crippen molar-refractivity contribution in [3.63, 3.8) is 0 Å². The van der Waals surface area contributed by atoms with Crippen molar-refractivity contribution in [2.75, 3.05) is 6.61 Å². The first-order valence-corrected chi connectivity index (χ1v) is 5.64. The maximum absolute atomic E-state index is 13.6. The van der Waals surface area contributed by atoms with Crippen molar-refractivity contribution in [1.82, 2.24) is 0 Å². The summed E-state index contributed by atoms with van der Waals surface area (Å²) in [5.74, 6) is -0.135.